The van der Waals surface area contributed by atoms with E-state index in [4.69, 9.17) is 5.84 Å². The minimum atomic E-state index is 0.266. The quantitative estimate of drug-likeness (QED) is 0.340. The van der Waals surface area contributed by atoms with Gasteiger partial charge in [0.2, 0.25) is 0 Å². The lowest BCUT2D eigenvalue weighted by Gasteiger charge is -2.17. The summed E-state index contributed by atoms with van der Waals surface area (Å²) in [6.07, 6.45) is 10.5. The molecule has 1 atom stereocenters. The van der Waals surface area contributed by atoms with Crippen LogP contribution in [0.3, 0.4) is 0 Å². The first-order valence-corrected chi connectivity index (χ1v) is 8.70. The van der Waals surface area contributed by atoms with E-state index < -0.39 is 0 Å². The lowest BCUT2D eigenvalue weighted by atomic mass is 9.99. The summed E-state index contributed by atoms with van der Waals surface area (Å²) in [4.78, 5) is 0. The standard InChI is InChI=1S/C17H29BrN2/c1-3-4-5-6-7-8-9-10-17(20-19)15-12-11-14(2)16(18)13-15/h11-13,17,20H,3-10,19H2,1-2H3. The van der Waals surface area contributed by atoms with E-state index in [0.717, 1.165) is 10.9 Å². The first-order valence-electron chi connectivity index (χ1n) is 7.91. The van der Waals surface area contributed by atoms with Gasteiger partial charge in [-0.05, 0) is 30.5 Å². The monoisotopic (exact) mass is 340 g/mol. The SMILES string of the molecule is CCCCCCCCCC(NN)c1ccc(C)c(Br)c1. The number of nitrogens with one attached hydrogen (secondary N) is 1. The third-order valence-electron chi connectivity index (χ3n) is 3.90. The van der Waals surface area contributed by atoms with E-state index in [2.05, 4.69) is 53.4 Å². The molecule has 0 heterocycles. The van der Waals surface area contributed by atoms with Crippen molar-refractivity contribution in [2.24, 2.45) is 5.84 Å². The van der Waals surface area contributed by atoms with Gasteiger partial charge in [0.05, 0.1) is 0 Å². The van der Waals surface area contributed by atoms with Crippen LogP contribution in [-0.2, 0) is 0 Å². The third kappa shape index (κ3) is 6.38. The Morgan fingerprint density at radius 3 is 2.35 bits per heavy atom. The molecule has 3 N–H and O–H groups in total. The summed E-state index contributed by atoms with van der Waals surface area (Å²) in [5, 5.41) is 0. The molecule has 0 saturated heterocycles. The molecular weight excluding hydrogens is 312 g/mol. The molecule has 20 heavy (non-hydrogen) atoms. The van der Waals surface area contributed by atoms with E-state index in [0.29, 0.717) is 0 Å². The molecule has 1 aromatic carbocycles. The van der Waals surface area contributed by atoms with Crippen LogP contribution in [0.2, 0.25) is 0 Å². The van der Waals surface area contributed by atoms with Gasteiger partial charge in [-0.25, -0.2) is 0 Å². The minimum Gasteiger partial charge on any atom is -0.271 e. The van der Waals surface area contributed by atoms with Crippen LogP contribution in [0.1, 0.15) is 75.5 Å². The number of halogens is 1. The second kappa shape index (κ2) is 10.4. The second-order valence-corrected chi connectivity index (χ2v) is 6.49. The number of aryl methyl sites for hydroxylation is 1. The van der Waals surface area contributed by atoms with E-state index in [1.54, 1.807) is 0 Å². The Hall–Kier alpha value is -0.380. The Morgan fingerprint density at radius 1 is 1.10 bits per heavy atom. The van der Waals surface area contributed by atoms with Crippen molar-refractivity contribution in [2.75, 3.05) is 0 Å². The van der Waals surface area contributed by atoms with Crippen molar-refractivity contribution in [1.29, 1.82) is 0 Å². The fourth-order valence-corrected chi connectivity index (χ4v) is 2.87. The number of hydrogen-bond acceptors (Lipinski definition) is 2. The molecule has 3 heteroatoms. The molecule has 0 aliphatic heterocycles. The molecule has 0 amide bonds. The summed E-state index contributed by atoms with van der Waals surface area (Å²) in [6.45, 7) is 4.37. The maximum absolute atomic E-state index is 5.71. The smallest absolute Gasteiger partial charge is 0.0460 e. The molecule has 114 valence electrons. The molecule has 0 spiro atoms. The summed E-state index contributed by atoms with van der Waals surface area (Å²) in [5.74, 6) is 5.71. The average molecular weight is 341 g/mol. The molecular formula is C17H29BrN2. The van der Waals surface area contributed by atoms with Gasteiger partial charge in [0, 0.05) is 10.5 Å². The van der Waals surface area contributed by atoms with Gasteiger partial charge in [-0.2, -0.15) is 0 Å². The number of unbranched alkanes of at least 4 members (excludes halogenated alkanes) is 6. The van der Waals surface area contributed by atoms with Crippen molar-refractivity contribution < 1.29 is 0 Å². The van der Waals surface area contributed by atoms with E-state index in [9.17, 15) is 0 Å². The van der Waals surface area contributed by atoms with Crippen LogP contribution in [-0.4, -0.2) is 0 Å². The summed E-state index contributed by atoms with van der Waals surface area (Å²) < 4.78 is 1.16. The van der Waals surface area contributed by atoms with Crippen LogP contribution in [0.15, 0.2) is 22.7 Å². The lowest BCUT2D eigenvalue weighted by molar-refractivity contribution is 0.475. The molecule has 0 bridgehead atoms. The van der Waals surface area contributed by atoms with Gasteiger partial charge in [-0.1, -0.05) is 79.9 Å². The minimum absolute atomic E-state index is 0.266. The van der Waals surface area contributed by atoms with Crippen LogP contribution < -0.4 is 11.3 Å². The fraction of sp³-hybridized carbons (Fsp3) is 0.647. The fourth-order valence-electron chi connectivity index (χ4n) is 2.48. The van der Waals surface area contributed by atoms with Crippen molar-refractivity contribution in [3.63, 3.8) is 0 Å². The summed E-state index contributed by atoms with van der Waals surface area (Å²) >= 11 is 3.59. The van der Waals surface area contributed by atoms with Crippen LogP contribution >= 0.6 is 15.9 Å². The largest absolute Gasteiger partial charge is 0.271 e. The maximum Gasteiger partial charge on any atom is 0.0460 e. The summed E-state index contributed by atoms with van der Waals surface area (Å²) in [7, 11) is 0. The van der Waals surface area contributed by atoms with Crippen LogP contribution in [0.25, 0.3) is 0 Å². The lowest BCUT2D eigenvalue weighted by Crippen LogP contribution is -2.28. The Labute approximate surface area is 132 Å². The van der Waals surface area contributed by atoms with Crippen LogP contribution in [0.4, 0.5) is 0 Å². The molecule has 2 nitrogen and oxygen atoms in total. The van der Waals surface area contributed by atoms with Gasteiger partial charge in [0.1, 0.15) is 0 Å². The van der Waals surface area contributed by atoms with Crippen molar-refractivity contribution >= 4 is 15.9 Å². The predicted molar refractivity (Wildman–Crippen MR) is 91.6 cm³/mol. The molecule has 0 aromatic heterocycles. The van der Waals surface area contributed by atoms with Crippen LogP contribution in [0, 0.1) is 6.92 Å². The highest BCUT2D eigenvalue weighted by molar-refractivity contribution is 9.10. The second-order valence-electron chi connectivity index (χ2n) is 5.64. The highest BCUT2D eigenvalue weighted by atomic mass is 79.9. The van der Waals surface area contributed by atoms with Crippen molar-refractivity contribution in [1.82, 2.24) is 5.43 Å². The highest BCUT2D eigenvalue weighted by Gasteiger charge is 2.10. The number of nitrogens with two attached hydrogens (primary N) is 1. The van der Waals surface area contributed by atoms with E-state index in [-0.39, 0.29) is 6.04 Å². The number of benzene rings is 1. The van der Waals surface area contributed by atoms with Gasteiger partial charge < -0.3 is 0 Å². The van der Waals surface area contributed by atoms with Crippen molar-refractivity contribution in [3.8, 4) is 0 Å². The average Bonchev–Trinajstić information content (AvgIpc) is 2.45. The Morgan fingerprint density at radius 2 is 1.75 bits per heavy atom. The third-order valence-corrected chi connectivity index (χ3v) is 4.75. The molecule has 0 fully saturated rings. The first kappa shape index (κ1) is 17.7. The number of hydrogen-bond donors (Lipinski definition) is 2. The zero-order valence-electron chi connectivity index (χ0n) is 12.9. The zero-order valence-corrected chi connectivity index (χ0v) is 14.5. The van der Waals surface area contributed by atoms with E-state index >= 15 is 0 Å². The first-order chi connectivity index (χ1) is 9.69. The molecule has 1 unspecified atom stereocenters. The van der Waals surface area contributed by atoms with Gasteiger partial charge in [0.15, 0.2) is 0 Å². The number of hydrazine groups is 1. The van der Waals surface area contributed by atoms with Crippen LogP contribution in [0.5, 0.6) is 0 Å². The zero-order chi connectivity index (χ0) is 14.8. The molecule has 1 rings (SSSR count). The van der Waals surface area contributed by atoms with Crippen molar-refractivity contribution in [3.05, 3.63) is 33.8 Å². The molecule has 0 aliphatic rings. The molecule has 0 radical (unpaired) electrons. The Bertz CT molecular complexity index is 379. The van der Waals surface area contributed by atoms with Crippen molar-refractivity contribution in [2.45, 2.75) is 71.3 Å². The topological polar surface area (TPSA) is 38.0 Å². The molecule has 0 aliphatic carbocycles. The summed E-state index contributed by atoms with van der Waals surface area (Å²) in [5.41, 5.74) is 5.49. The Kier molecular flexibility index (Phi) is 9.16. The Balaban J connectivity index is 2.30. The van der Waals surface area contributed by atoms with Gasteiger partial charge in [0.25, 0.3) is 0 Å². The van der Waals surface area contributed by atoms with Gasteiger partial charge >= 0.3 is 0 Å². The normalized spacial score (nSPS) is 12.6. The van der Waals surface area contributed by atoms with E-state index in [1.165, 1.54) is 56.1 Å². The van der Waals surface area contributed by atoms with Gasteiger partial charge in [-0.15, -0.1) is 0 Å². The number of rotatable bonds is 10. The van der Waals surface area contributed by atoms with E-state index in [1.807, 2.05) is 0 Å². The predicted octanol–water partition coefficient (Wildman–Crippen LogP) is 5.40. The molecule has 0 saturated carbocycles. The van der Waals surface area contributed by atoms with Gasteiger partial charge in [-0.3, -0.25) is 11.3 Å². The highest BCUT2D eigenvalue weighted by Crippen LogP contribution is 2.25. The summed E-state index contributed by atoms with van der Waals surface area (Å²) in [6, 6.07) is 6.77. The molecule has 1 aromatic rings. The maximum atomic E-state index is 5.71.